The van der Waals surface area contributed by atoms with Gasteiger partial charge in [-0.25, -0.2) is 4.39 Å². The van der Waals surface area contributed by atoms with Crippen molar-refractivity contribution >= 4 is 27.1 Å². The van der Waals surface area contributed by atoms with Gasteiger partial charge in [-0.2, -0.15) is 0 Å². The molecule has 4 heteroatoms. The largest absolute Gasteiger partial charge is 0.489 e. The van der Waals surface area contributed by atoms with Gasteiger partial charge in [0, 0.05) is 0 Å². The predicted octanol–water partition coefficient (Wildman–Crippen LogP) is 3.02. The number of thiophene rings is 1. The summed E-state index contributed by atoms with van der Waals surface area (Å²) in [4.78, 5) is 0. The third kappa shape index (κ3) is 1.32. The zero-order chi connectivity index (χ0) is 10.1. The number of ether oxygens (including phenoxy) is 1. The van der Waals surface area contributed by atoms with Crippen molar-refractivity contribution in [3.63, 3.8) is 0 Å². The van der Waals surface area contributed by atoms with E-state index in [0.29, 0.717) is 6.61 Å². The Morgan fingerprint density at radius 2 is 2.36 bits per heavy atom. The summed E-state index contributed by atoms with van der Waals surface area (Å²) < 4.78 is 19.6. The minimum Gasteiger partial charge on any atom is -0.489 e. The molecule has 0 aliphatic carbocycles. The number of benzene rings is 1. The minimum atomic E-state index is -0.457. The van der Waals surface area contributed by atoms with E-state index in [9.17, 15) is 4.39 Å². The van der Waals surface area contributed by atoms with Crippen molar-refractivity contribution in [2.45, 2.75) is 6.92 Å². The molecule has 14 heavy (non-hydrogen) atoms. The fourth-order valence-electron chi connectivity index (χ4n) is 1.35. The van der Waals surface area contributed by atoms with Crippen molar-refractivity contribution < 1.29 is 9.13 Å². The lowest BCUT2D eigenvalue weighted by molar-refractivity contribution is 0.327. The Morgan fingerprint density at radius 3 is 3.07 bits per heavy atom. The van der Waals surface area contributed by atoms with Crippen LogP contribution in [-0.4, -0.2) is 6.61 Å². The topological polar surface area (TPSA) is 35.2 Å². The van der Waals surface area contributed by atoms with Crippen molar-refractivity contribution in [1.82, 2.24) is 0 Å². The summed E-state index contributed by atoms with van der Waals surface area (Å²) in [5.41, 5.74) is 5.66. The molecule has 0 spiro atoms. The van der Waals surface area contributed by atoms with Crippen molar-refractivity contribution in [2.24, 2.45) is 0 Å². The molecular formula is C10H10FNOS. The fourth-order valence-corrected chi connectivity index (χ4v) is 2.22. The van der Waals surface area contributed by atoms with Crippen LogP contribution < -0.4 is 10.5 Å². The Labute approximate surface area is 85.1 Å². The maximum atomic E-state index is 13.6. The van der Waals surface area contributed by atoms with Crippen molar-refractivity contribution in [1.29, 1.82) is 0 Å². The van der Waals surface area contributed by atoms with E-state index in [-0.39, 0.29) is 11.4 Å². The Hall–Kier alpha value is -1.29. The standard InChI is InChI=1S/C10H10FNOS/c1-2-13-9-8(11)7(12)5-6-3-4-14-10(6)9/h3-5H,2,12H2,1H3. The van der Waals surface area contributed by atoms with Crippen LogP contribution in [0.1, 0.15) is 6.92 Å². The average molecular weight is 211 g/mol. The van der Waals surface area contributed by atoms with Crippen LogP contribution in [0.4, 0.5) is 10.1 Å². The van der Waals surface area contributed by atoms with Gasteiger partial charge in [-0.3, -0.25) is 0 Å². The van der Waals surface area contributed by atoms with Crippen LogP contribution in [0, 0.1) is 5.82 Å². The van der Waals surface area contributed by atoms with Gasteiger partial charge in [-0.15, -0.1) is 11.3 Å². The second kappa shape index (κ2) is 3.46. The summed E-state index contributed by atoms with van der Waals surface area (Å²) in [6.07, 6.45) is 0. The third-order valence-corrected chi connectivity index (χ3v) is 2.88. The summed E-state index contributed by atoms with van der Waals surface area (Å²) >= 11 is 1.46. The molecule has 0 atom stereocenters. The smallest absolute Gasteiger partial charge is 0.189 e. The molecule has 1 aromatic heterocycles. The number of halogens is 1. The Kier molecular flexibility index (Phi) is 2.29. The second-order valence-corrected chi connectivity index (χ2v) is 3.80. The first-order valence-corrected chi connectivity index (χ1v) is 5.20. The van der Waals surface area contributed by atoms with E-state index in [1.165, 1.54) is 11.3 Å². The maximum absolute atomic E-state index is 13.6. The van der Waals surface area contributed by atoms with Crippen molar-refractivity contribution in [3.05, 3.63) is 23.3 Å². The maximum Gasteiger partial charge on any atom is 0.189 e. The molecule has 0 aliphatic heterocycles. The number of rotatable bonds is 2. The molecule has 0 amide bonds. The van der Waals surface area contributed by atoms with Gasteiger partial charge in [0.15, 0.2) is 11.6 Å². The highest BCUT2D eigenvalue weighted by molar-refractivity contribution is 7.17. The number of fused-ring (bicyclic) bond motifs is 1. The molecule has 0 saturated carbocycles. The van der Waals surface area contributed by atoms with E-state index in [1.807, 2.05) is 18.4 Å². The molecule has 74 valence electrons. The molecule has 2 N–H and O–H groups in total. The molecule has 0 saturated heterocycles. The summed E-state index contributed by atoms with van der Waals surface area (Å²) in [6.45, 7) is 2.26. The van der Waals surface area contributed by atoms with E-state index in [2.05, 4.69) is 0 Å². The molecule has 1 heterocycles. The number of hydrogen-bond acceptors (Lipinski definition) is 3. The van der Waals surface area contributed by atoms with E-state index >= 15 is 0 Å². The zero-order valence-electron chi connectivity index (χ0n) is 7.71. The second-order valence-electron chi connectivity index (χ2n) is 2.88. The molecule has 2 nitrogen and oxygen atoms in total. The van der Waals surface area contributed by atoms with Gasteiger partial charge in [-0.05, 0) is 29.8 Å². The quantitative estimate of drug-likeness (QED) is 0.775. The minimum absolute atomic E-state index is 0.138. The lowest BCUT2D eigenvalue weighted by Crippen LogP contribution is -1.98. The molecule has 0 aliphatic rings. The molecular weight excluding hydrogens is 201 g/mol. The van der Waals surface area contributed by atoms with Gasteiger partial charge in [0.2, 0.25) is 0 Å². The number of nitrogens with two attached hydrogens (primary N) is 1. The number of anilines is 1. The molecule has 0 radical (unpaired) electrons. The predicted molar refractivity (Wildman–Crippen MR) is 57.4 cm³/mol. The first-order valence-electron chi connectivity index (χ1n) is 4.32. The summed E-state index contributed by atoms with van der Waals surface area (Å²) in [7, 11) is 0. The Balaban J connectivity index is 2.73. The number of hydrogen-bond donors (Lipinski definition) is 1. The van der Waals surface area contributed by atoms with E-state index < -0.39 is 5.82 Å². The van der Waals surface area contributed by atoms with Crippen LogP contribution in [0.5, 0.6) is 5.75 Å². The number of nitrogen functional groups attached to an aromatic ring is 1. The van der Waals surface area contributed by atoms with Gasteiger partial charge in [0.05, 0.1) is 17.0 Å². The van der Waals surface area contributed by atoms with Crippen LogP contribution in [0.3, 0.4) is 0 Å². The van der Waals surface area contributed by atoms with Gasteiger partial charge >= 0.3 is 0 Å². The van der Waals surface area contributed by atoms with Crippen LogP contribution in [0.15, 0.2) is 17.5 Å². The van der Waals surface area contributed by atoms with Crippen LogP contribution in [0.25, 0.3) is 10.1 Å². The van der Waals surface area contributed by atoms with E-state index in [1.54, 1.807) is 6.07 Å². The molecule has 1 aromatic carbocycles. The molecule has 0 unspecified atom stereocenters. The fraction of sp³-hybridized carbons (Fsp3) is 0.200. The van der Waals surface area contributed by atoms with E-state index in [4.69, 9.17) is 10.5 Å². The first kappa shape index (κ1) is 9.27. The van der Waals surface area contributed by atoms with Gasteiger partial charge in [0.25, 0.3) is 0 Å². The Morgan fingerprint density at radius 1 is 1.57 bits per heavy atom. The van der Waals surface area contributed by atoms with Gasteiger partial charge < -0.3 is 10.5 Å². The highest BCUT2D eigenvalue weighted by Gasteiger charge is 2.13. The van der Waals surface area contributed by atoms with Gasteiger partial charge in [0.1, 0.15) is 0 Å². The lowest BCUT2D eigenvalue weighted by Gasteiger charge is -2.07. The summed E-state index contributed by atoms with van der Waals surface area (Å²) in [5, 5.41) is 2.82. The normalized spacial score (nSPS) is 10.7. The zero-order valence-corrected chi connectivity index (χ0v) is 8.53. The van der Waals surface area contributed by atoms with Crippen molar-refractivity contribution in [2.75, 3.05) is 12.3 Å². The highest BCUT2D eigenvalue weighted by atomic mass is 32.1. The average Bonchev–Trinajstić information content (AvgIpc) is 2.60. The highest BCUT2D eigenvalue weighted by Crippen LogP contribution is 2.36. The summed E-state index contributed by atoms with van der Waals surface area (Å²) in [6, 6.07) is 3.53. The Bertz CT molecular complexity index is 466. The van der Waals surface area contributed by atoms with Crippen LogP contribution in [-0.2, 0) is 0 Å². The summed E-state index contributed by atoms with van der Waals surface area (Å²) in [5.74, 6) is -0.181. The van der Waals surface area contributed by atoms with Crippen molar-refractivity contribution in [3.8, 4) is 5.75 Å². The third-order valence-electron chi connectivity index (χ3n) is 1.95. The van der Waals surface area contributed by atoms with Gasteiger partial charge in [-0.1, -0.05) is 0 Å². The molecule has 2 aromatic rings. The SMILES string of the molecule is CCOc1c(F)c(N)cc2ccsc12. The van der Waals surface area contributed by atoms with E-state index in [0.717, 1.165) is 10.1 Å². The van der Waals surface area contributed by atoms with Crippen LogP contribution in [0.2, 0.25) is 0 Å². The lowest BCUT2D eigenvalue weighted by atomic mass is 10.2. The van der Waals surface area contributed by atoms with Crippen LogP contribution >= 0.6 is 11.3 Å². The monoisotopic (exact) mass is 211 g/mol. The molecule has 2 rings (SSSR count). The first-order chi connectivity index (χ1) is 6.74. The molecule has 0 bridgehead atoms. The molecule has 0 fully saturated rings.